The van der Waals surface area contributed by atoms with Crippen molar-refractivity contribution in [3.05, 3.63) is 64.7 Å². The Morgan fingerprint density at radius 1 is 1.09 bits per heavy atom. The Morgan fingerprint density at radius 2 is 1.89 bits per heavy atom. The monoisotopic (exact) mass is 476 g/mol. The zero-order valence-corrected chi connectivity index (χ0v) is 21.3. The molecule has 3 atom stereocenters. The number of fused-ring (bicyclic) bond motifs is 1. The summed E-state index contributed by atoms with van der Waals surface area (Å²) in [6, 6.07) is 15.1. The van der Waals surface area contributed by atoms with E-state index in [1.54, 1.807) is 0 Å². The summed E-state index contributed by atoms with van der Waals surface area (Å²) in [5, 5.41) is 3.26. The molecule has 188 valence electrons. The van der Waals surface area contributed by atoms with Crippen LogP contribution < -0.4 is 10.1 Å². The van der Waals surface area contributed by atoms with Crippen LogP contribution in [-0.2, 0) is 17.6 Å². The number of benzene rings is 2. The van der Waals surface area contributed by atoms with Crippen LogP contribution in [0.1, 0.15) is 79.0 Å². The van der Waals surface area contributed by atoms with Gasteiger partial charge in [0.25, 0.3) is 5.91 Å². The molecule has 35 heavy (non-hydrogen) atoms. The maximum Gasteiger partial charge on any atom is 0.251 e. The molecule has 3 aliphatic rings. The van der Waals surface area contributed by atoms with E-state index >= 15 is 0 Å². The summed E-state index contributed by atoms with van der Waals surface area (Å²) in [4.78, 5) is 15.5. The number of hydrogen-bond acceptors (Lipinski definition) is 4. The number of amides is 1. The SMILES string of the molecule is CC1CCN([C@H](C)c2ccc3c(c2)CCC(NC(=O)c2ccc(OCC4CCCO4)cc2)C3)CC1. The lowest BCUT2D eigenvalue weighted by molar-refractivity contribution is 0.0679. The molecule has 5 heteroatoms. The number of piperidine rings is 1. The average Bonchev–Trinajstić information content (AvgIpc) is 3.41. The molecule has 2 aromatic rings. The van der Waals surface area contributed by atoms with Crippen LogP contribution in [0, 0.1) is 5.92 Å². The van der Waals surface area contributed by atoms with E-state index in [-0.39, 0.29) is 18.1 Å². The lowest BCUT2D eigenvalue weighted by Crippen LogP contribution is -2.39. The molecule has 2 saturated heterocycles. The zero-order chi connectivity index (χ0) is 24.2. The zero-order valence-electron chi connectivity index (χ0n) is 21.3. The molecule has 2 aromatic carbocycles. The van der Waals surface area contributed by atoms with Crippen LogP contribution in [0.15, 0.2) is 42.5 Å². The van der Waals surface area contributed by atoms with Crippen LogP contribution in [0.3, 0.4) is 0 Å². The molecular formula is C30H40N2O3. The van der Waals surface area contributed by atoms with Crippen molar-refractivity contribution in [2.75, 3.05) is 26.3 Å². The van der Waals surface area contributed by atoms with E-state index in [0.29, 0.717) is 18.2 Å². The number of nitrogens with zero attached hydrogens (tertiary/aromatic N) is 1. The van der Waals surface area contributed by atoms with Gasteiger partial charge in [0.2, 0.25) is 0 Å². The van der Waals surface area contributed by atoms with Gasteiger partial charge < -0.3 is 14.8 Å². The van der Waals surface area contributed by atoms with Gasteiger partial charge in [-0.1, -0.05) is 25.1 Å². The number of aryl methyl sites for hydroxylation is 1. The quantitative estimate of drug-likeness (QED) is 0.587. The highest BCUT2D eigenvalue weighted by atomic mass is 16.5. The van der Waals surface area contributed by atoms with E-state index < -0.39 is 0 Å². The Labute approximate surface area is 210 Å². The van der Waals surface area contributed by atoms with Gasteiger partial charge in [0.1, 0.15) is 12.4 Å². The minimum absolute atomic E-state index is 0.00584. The van der Waals surface area contributed by atoms with Gasteiger partial charge in [0, 0.05) is 24.3 Å². The average molecular weight is 477 g/mol. The lowest BCUT2D eigenvalue weighted by atomic mass is 9.86. The molecule has 1 N–H and O–H groups in total. The standard InChI is InChI=1S/C30H40N2O3/c1-21-13-15-32(16-14-21)22(2)24-5-6-26-19-27(10-7-25(26)18-24)31-30(33)23-8-11-28(12-9-23)35-20-29-4-3-17-34-29/h5-6,8-9,11-12,18,21-22,27,29H,3-4,7,10,13-17,19-20H2,1-2H3,(H,31,33)/t22-,27?,29?/m1/s1. The molecule has 1 aliphatic carbocycles. The summed E-state index contributed by atoms with van der Waals surface area (Å²) in [7, 11) is 0. The summed E-state index contributed by atoms with van der Waals surface area (Å²) < 4.78 is 11.4. The van der Waals surface area contributed by atoms with E-state index in [1.807, 2.05) is 24.3 Å². The Kier molecular flexibility index (Phi) is 7.74. The molecule has 2 unspecified atom stereocenters. The Balaban J connectivity index is 1.13. The van der Waals surface area contributed by atoms with Crippen LogP contribution in [0.5, 0.6) is 5.75 Å². The van der Waals surface area contributed by atoms with Crippen molar-refractivity contribution in [1.29, 1.82) is 0 Å². The first-order chi connectivity index (χ1) is 17.0. The fourth-order valence-electron chi connectivity index (χ4n) is 5.72. The van der Waals surface area contributed by atoms with Crippen molar-refractivity contribution in [2.45, 2.75) is 77.0 Å². The molecule has 0 bridgehead atoms. The molecule has 0 spiro atoms. The van der Waals surface area contributed by atoms with Crippen molar-refractivity contribution in [3.8, 4) is 5.75 Å². The smallest absolute Gasteiger partial charge is 0.251 e. The summed E-state index contributed by atoms with van der Waals surface area (Å²) in [6.07, 6.45) is 7.89. The topological polar surface area (TPSA) is 50.8 Å². The first-order valence-electron chi connectivity index (χ1n) is 13.6. The normalized spacial score (nSPS) is 24.1. The number of nitrogens with one attached hydrogen (secondary N) is 1. The van der Waals surface area contributed by atoms with Crippen LogP contribution in [0.4, 0.5) is 0 Å². The van der Waals surface area contributed by atoms with Crippen LogP contribution in [0.25, 0.3) is 0 Å². The van der Waals surface area contributed by atoms with Gasteiger partial charge in [0.15, 0.2) is 0 Å². The van der Waals surface area contributed by atoms with Crippen LogP contribution in [-0.4, -0.2) is 49.3 Å². The minimum Gasteiger partial charge on any atom is -0.491 e. The highest BCUT2D eigenvalue weighted by molar-refractivity contribution is 5.94. The van der Waals surface area contributed by atoms with Crippen molar-refractivity contribution >= 4 is 5.91 Å². The summed E-state index contributed by atoms with van der Waals surface area (Å²) in [5.41, 5.74) is 4.95. The van der Waals surface area contributed by atoms with Gasteiger partial charge in [0.05, 0.1) is 6.10 Å². The van der Waals surface area contributed by atoms with E-state index in [0.717, 1.165) is 50.4 Å². The van der Waals surface area contributed by atoms with Gasteiger partial charge in [-0.05, 0) is 112 Å². The number of hydrogen-bond donors (Lipinski definition) is 1. The molecule has 0 radical (unpaired) electrons. The predicted octanol–water partition coefficient (Wildman–Crippen LogP) is 5.32. The molecule has 1 amide bonds. The van der Waals surface area contributed by atoms with Crippen molar-refractivity contribution in [1.82, 2.24) is 10.2 Å². The third kappa shape index (κ3) is 6.07. The number of ether oxygens (including phenoxy) is 2. The molecular weight excluding hydrogens is 436 g/mol. The van der Waals surface area contributed by atoms with E-state index in [9.17, 15) is 4.79 Å². The summed E-state index contributed by atoms with van der Waals surface area (Å²) in [6.45, 7) is 8.53. The molecule has 0 aromatic heterocycles. The summed E-state index contributed by atoms with van der Waals surface area (Å²) >= 11 is 0. The van der Waals surface area contributed by atoms with Crippen molar-refractivity contribution in [2.24, 2.45) is 5.92 Å². The van der Waals surface area contributed by atoms with Crippen LogP contribution in [0.2, 0.25) is 0 Å². The highest BCUT2D eigenvalue weighted by Crippen LogP contribution is 2.30. The number of carbonyl (C=O) groups excluding carboxylic acids is 1. The highest BCUT2D eigenvalue weighted by Gasteiger charge is 2.25. The maximum absolute atomic E-state index is 12.9. The third-order valence-corrected chi connectivity index (χ3v) is 8.22. The molecule has 2 fully saturated rings. The number of likely N-dealkylation sites (tertiary alicyclic amines) is 1. The Hall–Kier alpha value is -2.37. The van der Waals surface area contributed by atoms with Gasteiger partial charge in [-0.15, -0.1) is 0 Å². The predicted molar refractivity (Wildman–Crippen MR) is 139 cm³/mol. The van der Waals surface area contributed by atoms with Crippen molar-refractivity contribution < 1.29 is 14.3 Å². The molecule has 0 saturated carbocycles. The van der Waals surface area contributed by atoms with Gasteiger partial charge in [-0.2, -0.15) is 0 Å². The molecule has 5 nitrogen and oxygen atoms in total. The fourth-order valence-corrected chi connectivity index (χ4v) is 5.72. The lowest BCUT2D eigenvalue weighted by Gasteiger charge is -2.35. The number of carbonyl (C=O) groups is 1. The van der Waals surface area contributed by atoms with E-state index in [4.69, 9.17) is 9.47 Å². The van der Waals surface area contributed by atoms with Gasteiger partial charge >= 0.3 is 0 Å². The molecule has 5 rings (SSSR count). The fraction of sp³-hybridized carbons (Fsp3) is 0.567. The second-order valence-corrected chi connectivity index (χ2v) is 10.8. The third-order valence-electron chi connectivity index (χ3n) is 8.22. The maximum atomic E-state index is 12.9. The number of rotatable bonds is 7. The molecule has 2 aliphatic heterocycles. The van der Waals surface area contributed by atoms with Gasteiger partial charge in [-0.25, -0.2) is 0 Å². The van der Waals surface area contributed by atoms with Crippen molar-refractivity contribution in [3.63, 3.8) is 0 Å². The minimum atomic E-state index is -0.00584. The van der Waals surface area contributed by atoms with E-state index in [1.165, 1.54) is 42.6 Å². The first kappa shape index (κ1) is 24.3. The molecule has 2 heterocycles. The van der Waals surface area contributed by atoms with E-state index in [2.05, 4.69) is 42.3 Å². The Morgan fingerprint density at radius 3 is 2.63 bits per heavy atom. The second kappa shape index (κ2) is 11.1. The second-order valence-electron chi connectivity index (χ2n) is 10.8. The van der Waals surface area contributed by atoms with Crippen LogP contribution >= 0.6 is 0 Å². The summed E-state index contributed by atoms with van der Waals surface area (Å²) in [5.74, 6) is 1.64. The van der Waals surface area contributed by atoms with Gasteiger partial charge in [-0.3, -0.25) is 9.69 Å². The Bertz CT molecular complexity index is 991. The first-order valence-corrected chi connectivity index (χ1v) is 13.6. The largest absolute Gasteiger partial charge is 0.491 e.